The zero-order valence-electron chi connectivity index (χ0n) is 9.13. The lowest BCUT2D eigenvalue weighted by Gasteiger charge is -2.03. The van der Waals surface area contributed by atoms with Crippen molar-refractivity contribution in [1.82, 2.24) is 0 Å². The van der Waals surface area contributed by atoms with Crippen LogP contribution in [0.1, 0.15) is 11.1 Å². The monoisotopic (exact) mass is 284 g/mol. The van der Waals surface area contributed by atoms with Gasteiger partial charge < -0.3 is 0 Å². The van der Waals surface area contributed by atoms with Crippen LogP contribution in [0.3, 0.4) is 0 Å². The molecule has 0 amide bonds. The van der Waals surface area contributed by atoms with E-state index in [0.29, 0.717) is 10.0 Å². The molecule has 18 heavy (non-hydrogen) atoms. The molecule has 0 radical (unpaired) electrons. The molecule has 0 fully saturated rings. The standard InChI is InChI=1S/C14H8Cl2F2/c15-11-5-1-3-9(7-11)13(17)14(18)10-4-2-6-12(16)8-10/h1-8H. The Morgan fingerprint density at radius 3 is 1.44 bits per heavy atom. The van der Waals surface area contributed by atoms with Gasteiger partial charge in [0.05, 0.1) is 0 Å². The summed E-state index contributed by atoms with van der Waals surface area (Å²) in [7, 11) is 0. The van der Waals surface area contributed by atoms with Crippen LogP contribution in [0.5, 0.6) is 0 Å². The maximum Gasteiger partial charge on any atom is 0.166 e. The van der Waals surface area contributed by atoms with Gasteiger partial charge in [0.15, 0.2) is 11.7 Å². The van der Waals surface area contributed by atoms with Crippen molar-refractivity contribution < 1.29 is 8.78 Å². The summed E-state index contributed by atoms with van der Waals surface area (Å²) in [6.45, 7) is 0. The van der Waals surface area contributed by atoms with Crippen molar-refractivity contribution in [1.29, 1.82) is 0 Å². The van der Waals surface area contributed by atoms with Gasteiger partial charge in [-0.1, -0.05) is 47.5 Å². The van der Waals surface area contributed by atoms with Crippen molar-refractivity contribution in [3.63, 3.8) is 0 Å². The predicted molar refractivity (Wildman–Crippen MR) is 71.9 cm³/mol. The first kappa shape index (κ1) is 13.1. The fourth-order valence-corrected chi connectivity index (χ4v) is 1.88. The van der Waals surface area contributed by atoms with E-state index in [1.165, 1.54) is 24.3 Å². The smallest absolute Gasteiger partial charge is 0.166 e. The van der Waals surface area contributed by atoms with Crippen LogP contribution in [0.2, 0.25) is 10.0 Å². The molecule has 2 aromatic rings. The molecule has 0 N–H and O–H groups in total. The second-order valence-electron chi connectivity index (χ2n) is 3.65. The average molecular weight is 285 g/mol. The van der Waals surface area contributed by atoms with E-state index in [2.05, 4.69) is 0 Å². The summed E-state index contributed by atoms with van der Waals surface area (Å²) in [6, 6.07) is 11.9. The Balaban J connectivity index is 2.47. The highest BCUT2D eigenvalue weighted by atomic mass is 35.5. The second kappa shape index (κ2) is 5.51. The van der Waals surface area contributed by atoms with Crippen LogP contribution < -0.4 is 0 Å². The second-order valence-corrected chi connectivity index (χ2v) is 4.52. The highest BCUT2D eigenvalue weighted by molar-refractivity contribution is 6.31. The van der Waals surface area contributed by atoms with Gasteiger partial charge in [-0.25, -0.2) is 8.78 Å². The van der Waals surface area contributed by atoms with Gasteiger partial charge in [-0.05, 0) is 24.3 Å². The van der Waals surface area contributed by atoms with E-state index in [9.17, 15) is 8.78 Å². The first-order valence-corrected chi connectivity index (χ1v) is 5.90. The summed E-state index contributed by atoms with van der Waals surface area (Å²) in [5.41, 5.74) is 0.194. The van der Waals surface area contributed by atoms with Crippen LogP contribution in [0.4, 0.5) is 8.78 Å². The molecule has 4 heteroatoms. The fraction of sp³-hybridized carbons (Fsp3) is 0. The minimum atomic E-state index is -0.959. The van der Waals surface area contributed by atoms with Gasteiger partial charge >= 0.3 is 0 Å². The fourth-order valence-electron chi connectivity index (χ4n) is 1.50. The van der Waals surface area contributed by atoms with Gasteiger partial charge in [0.25, 0.3) is 0 Å². The van der Waals surface area contributed by atoms with Crippen molar-refractivity contribution in [2.75, 3.05) is 0 Å². The third-order valence-electron chi connectivity index (χ3n) is 2.35. The molecule has 0 spiro atoms. The molecule has 0 atom stereocenters. The number of benzene rings is 2. The lowest BCUT2D eigenvalue weighted by molar-refractivity contribution is 0.700. The summed E-state index contributed by atoms with van der Waals surface area (Å²) in [5.74, 6) is -1.92. The molecule has 0 heterocycles. The van der Waals surface area contributed by atoms with E-state index in [1.807, 2.05) is 0 Å². The molecule has 2 rings (SSSR count). The van der Waals surface area contributed by atoms with Gasteiger partial charge in [-0.3, -0.25) is 0 Å². The summed E-state index contributed by atoms with van der Waals surface area (Å²) < 4.78 is 27.9. The third kappa shape index (κ3) is 2.89. The maximum atomic E-state index is 13.9. The summed E-state index contributed by atoms with van der Waals surface area (Å²) in [4.78, 5) is 0. The molecule has 92 valence electrons. The van der Waals surface area contributed by atoms with Crippen molar-refractivity contribution in [2.24, 2.45) is 0 Å². The SMILES string of the molecule is FC(=C(F)c1cccc(Cl)c1)c1cccc(Cl)c1. The molecule has 0 aliphatic heterocycles. The van der Waals surface area contributed by atoms with Gasteiger partial charge in [-0.2, -0.15) is 0 Å². The number of rotatable bonds is 2. The minimum Gasteiger partial charge on any atom is -0.203 e. The van der Waals surface area contributed by atoms with Gasteiger partial charge in [0, 0.05) is 21.2 Å². The van der Waals surface area contributed by atoms with E-state index < -0.39 is 11.7 Å². The lowest BCUT2D eigenvalue weighted by Crippen LogP contribution is -1.84. The zero-order chi connectivity index (χ0) is 13.1. The maximum absolute atomic E-state index is 13.9. The summed E-state index contributed by atoms with van der Waals surface area (Å²) >= 11 is 11.5. The molecule has 0 saturated heterocycles. The third-order valence-corrected chi connectivity index (χ3v) is 2.82. The molecule has 0 saturated carbocycles. The number of hydrogen-bond donors (Lipinski definition) is 0. The number of hydrogen-bond acceptors (Lipinski definition) is 0. The number of halogens is 4. The van der Waals surface area contributed by atoms with E-state index in [1.54, 1.807) is 24.3 Å². The molecule has 0 aromatic heterocycles. The van der Waals surface area contributed by atoms with Gasteiger partial charge in [-0.15, -0.1) is 0 Å². The van der Waals surface area contributed by atoms with Crippen LogP contribution in [0.15, 0.2) is 48.5 Å². The van der Waals surface area contributed by atoms with Crippen molar-refractivity contribution in [3.05, 3.63) is 69.7 Å². The molecule has 2 aromatic carbocycles. The Bertz CT molecular complexity index is 553. The Morgan fingerprint density at radius 1 is 0.722 bits per heavy atom. The van der Waals surface area contributed by atoms with E-state index in [-0.39, 0.29) is 11.1 Å². The van der Waals surface area contributed by atoms with Crippen LogP contribution in [0, 0.1) is 0 Å². The van der Waals surface area contributed by atoms with E-state index in [4.69, 9.17) is 23.2 Å². The molecular formula is C14H8Cl2F2. The molecule has 0 unspecified atom stereocenters. The Labute approximate surface area is 113 Å². The minimum absolute atomic E-state index is 0.0972. The topological polar surface area (TPSA) is 0 Å². The molecule has 0 bridgehead atoms. The van der Waals surface area contributed by atoms with Crippen molar-refractivity contribution in [2.45, 2.75) is 0 Å². The van der Waals surface area contributed by atoms with E-state index in [0.717, 1.165) is 0 Å². The largest absolute Gasteiger partial charge is 0.203 e. The van der Waals surface area contributed by atoms with Crippen LogP contribution >= 0.6 is 23.2 Å². The Hall–Kier alpha value is -1.38. The highest BCUT2D eigenvalue weighted by Crippen LogP contribution is 2.30. The zero-order valence-corrected chi connectivity index (χ0v) is 10.6. The van der Waals surface area contributed by atoms with Gasteiger partial charge in [0.2, 0.25) is 0 Å². The Morgan fingerprint density at radius 2 is 1.11 bits per heavy atom. The molecule has 0 aliphatic carbocycles. The molecule has 0 nitrogen and oxygen atoms in total. The van der Waals surface area contributed by atoms with Crippen LogP contribution in [-0.4, -0.2) is 0 Å². The van der Waals surface area contributed by atoms with Gasteiger partial charge in [0.1, 0.15) is 0 Å². The highest BCUT2D eigenvalue weighted by Gasteiger charge is 2.11. The molecule has 0 aliphatic rings. The predicted octanol–water partition coefficient (Wildman–Crippen LogP) is 5.76. The first-order valence-electron chi connectivity index (χ1n) is 5.15. The van der Waals surface area contributed by atoms with Crippen molar-refractivity contribution >= 4 is 34.9 Å². The molecular weight excluding hydrogens is 277 g/mol. The van der Waals surface area contributed by atoms with Crippen LogP contribution in [-0.2, 0) is 0 Å². The van der Waals surface area contributed by atoms with Crippen LogP contribution in [0.25, 0.3) is 11.7 Å². The summed E-state index contributed by atoms with van der Waals surface area (Å²) in [5, 5.41) is 0.697. The van der Waals surface area contributed by atoms with E-state index >= 15 is 0 Å². The average Bonchev–Trinajstić information content (AvgIpc) is 2.37. The first-order chi connectivity index (χ1) is 8.58. The van der Waals surface area contributed by atoms with Crippen molar-refractivity contribution in [3.8, 4) is 0 Å². The summed E-state index contributed by atoms with van der Waals surface area (Å²) in [6.07, 6.45) is 0. The normalized spacial score (nSPS) is 12.2. The quantitative estimate of drug-likeness (QED) is 0.615. The Kier molecular flexibility index (Phi) is 4.00. The lowest BCUT2D eigenvalue weighted by atomic mass is 10.1.